The first-order chi connectivity index (χ1) is 14.6. The molecule has 1 spiro atoms. The SMILES string of the molecule is COc1ccc(-c2cc3c(s2)CCOC32CCN(C(=O)c3ccn(C)n3)CC2)nc1. The largest absolute Gasteiger partial charge is 0.495 e. The summed E-state index contributed by atoms with van der Waals surface area (Å²) < 4.78 is 13.2. The van der Waals surface area contributed by atoms with Gasteiger partial charge in [0.25, 0.3) is 5.91 Å². The highest BCUT2D eigenvalue weighted by atomic mass is 32.1. The summed E-state index contributed by atoms with van der Waals surface area (Å²) >= 11 is 1.80. The molecule has 1 amide bonds. The average Bonchev–Trinajstić information content (AvgIpc) is 3.41. The van der Waals surface area contributed by atoms with Crippen LogP contribution >= 0.6 is 11.3 Å². The smallest absolute Gasteiger partial charge is 0.274 e. The van der Waals surface area contributed by atoms with Gasteiger partial charge >= 0.3 is 0 Å². The van der Waals surface area contributed by atoms with Gasteiger partial charge in [-0.2, -0.15) is 5.10 Å². The summed E-state index contributed by atoms with van der Waals surface area (Å²) in [6.07, 6.45) is 6.07. The number of piperidine rings is 1. The molecule has 0 unspecified atom stereocenters. The summed E-state index contributed by atoms with van der Waals surface area (Å²) in [5.74, 6) is 0.750. The van der Waals surface area contributed by atoms with Gasteiger partial charge in [0, 0.05) is 37.6 Å². The second kappa shape index (κ2) is 7.52. The Kier molecular flexibility index (Phi) is 4.83. The molecule has 1 saturated heterocycles. The van der Waals surface area contributed by atoms with Crippen molar-refractivity contribution < 1.29 is 14.3 Å². The van der Waals surface area contributed by atoms with E-state index in [1.54, 1.807) is 41.6 Å². The van der Waals surface area contributed by atoms with Crippen LogP contribution in [0.15, 0.2) is 36.7 Å². The van der Waals surface area contributed by atoms with Gasteiger partial charge in [-0.25, -0.2) is 0 Å². The van der Waals surface area contributed by atoms with E-state index in [4.69, 9.17) is 9.47 Å². The molecule has 0 saturated carbocycles. The van der Waals surface area contributed by atoms with E-state index in [9.17, 15) is 4.79 Å². The lowest BCUT2D eigenvalue weighted by Gasteiger charge is -2.43. The second-order valence-electron chi connectivity index (χ2n) is 7.79. The fourth-order valence-corrected chi connectivity index (χ4v) is 5.57. The van der Waals surface area contributed by atoms with Crippen LogP contribution in [-0.4, -0.2) is 52.4 Å². The maximum Gasteiger partial charge on any atom is 0.274 e. The van der Waals surface area contributed by atoms with Crippen molar-refractivity contribution in [2.75, 3.05) is 26.8 Å². The van der Waals surface area contributed by atoms with Gasteiger partial charge in [0.05, 0.1) is 36.1 Å². The van der Waals surface area contributed by atoms with Crippen molar-refractivity contribution in [2.24, 2.45) is 7.05 Å². The number of aromatic nitrogens is 3. The zero-order valence-corrected chi connectivity index (χ0v) is 17.9. The first-order valence-electron chi connectivity index (χ1n) is 10.1. The Balaban J connectivity index is 1.37. The Bertz CT molecular complexity index is 1060. The molecule has 7 nitrogen and oxygen atoms in total. The Morgan fingerprint density at radius 3 is 2.77 bits per heavy atom. The maximum absolute atomic E-state index is 12.8. The summed E-state index contributed by atoms with van der Waals surface area (Å²) in [5.41, 5.74) is 2.42. The molecule has 2 aliphatic rings. The van der Waals surface area contributed by atoms with E-state index in [-0.39, 0.29) is 11.5 Å². The summed E-state index contributed by atoms with van der Waals surface area (Å²) in [4.78, 5) is 21.7. The van der Waals surface area contributed by atoms with Gasteiger partial charge < -0.3 is 14.4 Å². The Hall–Kier alpha value is -2.71. The molecular formula is C22H24N4O3S. The van der Waals surface area contributed by atoms with Gasteiger partial charge in [0.2, 0.25) is 0 Å². The van der Waals surface area contributed by atoms with E-state index in [2.05, 4.69) is 16.1 Å². The fourth-order valence-electron chi connectivity index (χ4n) is 4.37. The number of likely N-dealkylation sites (tertiary alicyclic amines) is 1. The predicted octanol–water partition coefficient (Wildman–Crippen LogP) is 3.26. The highest BCUT2D eigenvalue weighted by Gasteiger charge is 2.43. The van der Waals surface area contributed by atoms with Crippen molar-refractivity contribution in [3.8, 4) is 16.3 Å². The Morgan fingerprint density at radius 1 is 1.27 bits per heavy atom. The zero-order chi connectivity index (χ0) is 20.7. The number of carbonyl (C=O) groups is 1. The third kappa shape index (κ3) is 3.30. The highest BCUT2D eigenvalue weighted by molar-refractivity contribution is 7.15. The lowest BCUT2D eigenvalue weighted by Crippen LogP contribution is -2.48. The van der Waals surface area contributed by atoms with Crippen LogP contribution in [0.3, 0.4) is 0 Å². The minimum atomic E-state index is -0.310. The van der Waals surface area contributed by atoms with Crippen molar-refractivity contribution in [3.63, 3.8) is 0 Å². The maximum atomic E-state index is 12.8. The van der Waals surface area contributed by atoms with Gasteiger partial charge in [-0.05, 0) is 42.7 Å². The van der Waals surface area contributed by atoms with Crippen molar-refractivity contribution >= 4 is 17.2 Å². The van der Waals surface area contributed by atoms with Crippen LogP contribution in [0.1, 0.15) is 33.8 Å². The standard InChI is InChI=1S/C22H24N4O3S/c1-25-9-5-18(24-25)21(27)26-10-7-22(8-11-26)16-13-20(30-19(16)6-12-29-22)17-4-3-15(28-2)14-23-17/h3-5,9,13-14H,6-8,10-12H2,1-2H3. The quantitative estimate of drug-likeness (QED) is 0.646. The van der Waals surface area contributed by atoms with E-state index < -0.39 is 0 Å². The van der Waals surface area contributed by atoms with E-state index in [1.165, 1.54) is 10.4 Å². The van der Waals surface area contributed by atoms with Crippen molar-refractivity contribution in [1.82, 2.24) is 19.7 Å². The van der Waals surface area contributed by atoms with Crippen LogP contribution in [0.5, 0.6) is 5.75 Å². The number of carbonyl (C=O) groups excluding carboxylic acids is 1. The van der Waals surface area contributed by atoms with Crippen LogP contribution in [0.25, 0.3) is 10.6 Å². The second-order valence-corrected chi connectivity index (χ2v) is 8.93. The van der Waals surface area contributed by atoms with Crippen LogP contribution in [0.4, 0.5) is 0 Å². The number of fused-ring (bicyclic) bond motifs is 2. The molecule has 3 aromatic rings. The molecule has 0 bridgehead atoms. The summed E-state index contributed by atoms with van der Waals surface area (Å²) in [6, 6.07) is 7.95. The monoisotopic (exact) mass is 424 g/mol. The first kappa shape index (κ1) is 19.3. The molecule has 8 heteroatoms. The van der Waals surface area contributed by atoms with Gasteiger partial charge in [-0.3, -0.25) is 14.5 Å². The molecule has 5 rings (SSSR count). The molecule has 5 heterocycles. The number of methoxy groups -OCH3 is 1. The zero-order valence-electron chi connectivity index (χ0n) is 17.1. The Morgan fingerprint density at radius 2 is 2.10 bits per heavy atom. The number of nitrogens with zero attached hydrogens (tertiary/aromatic N) is 4. The van der Waals surface area contributed by atoms with E-state index in [0.29, 0.717) is 18.8 Å². The lowest BCUT2D eigenvalue weighted by atomic mass is 9.82. The van der Waals surface area contributed by atoms with Crippen LogP contribution in [0, 0.1) is 0 Å². The summed E-state index contributed by atoms with van der Waals surface area (Å²) in [7, 11) is 3.47. The summed E-state index contributed by atoms with van der Waals surface area (Å²) in [5, 5.41) is 4.25. The Labute approximate surface area is 179 Å². The lowest BCUT2D eigenvalue weighted by molar-refractivity contribution is -0.0926. The minimum absolute atomic E-state index is 0.00470. The molecule has 2 aliphatic heterocycles. The number of amides is 1. The number of ether oxygens (including phenoxy) is 2. The van der Waals surface area contributed by atoms with Gasteiger partial charge in [-0.1, -0.05) is 0 Å². The summed E-state index contributed by atoms with van der Waals surface area (Å²) in [6.45, 7) is 2.05. The van der Waals surface area contributed by atoms with E-state index in [0.717, 1.165) is 42.2 Å². The predicted molar refractivity (Wildman–Crippen MR) is 114 cm³/mol. The van der Waals surface area contributed by atoms with Crippen LogP contribution < -0.4 is 4.74 Å². The number of hydrogen-bond donors (Lipinski definition) is 0. The van der Waals surface area contributed by atoms with Crippen LogP contribution in [0.2, 0.25) is 0 Å². The van der Waals surface area contributed by atoms with Crippen molar-refractivity contribution in [1.29, 1.82) is 0 Å². The minimum Gasteiger partial charge on any atom is -0.495 e. The molecular weight excluding hydrogens is 400 g/mol. The molecule has 0 aliphatic carbocycles. The van der Waals surface area contributed by atoms with Crippen LogP contribution in [-0.2, 0) is 23.8 Å². The van der Waals surface area contributed by atoms with Crippen molar-refractivity contribution in [2.45, 2.75) is 24.9 Å². The first-order valence-corrected chi connectivity index (χ1v) is 11.0. The van der Waals surface area contributed by atoms with Gasteiger partial charge in [0.1, 0.15) is 11.4 Å². The number of pyridine rings is 1. The fraction of sp³-hybridized carbons (Fsp3) is 0.409. The van der Waals surface area contributed by atoms with E-state index in [1.807, 2.05) is 24.1 Å². The molecule has 0 N–H and O–H groups in total. The molecule has 30 heavy (non-hydrogen) atoms. The normalized spacial score (nSPS) is 17.7. The highest BCUT2D eigenvalue weighted by Crippen LogP contribution is 2.46. The topological polar surface area (TPSA) is 69.5 Å². The molecule has 156 valence electrons. The molecule has 3 aromatic heterocycles. The van der Waals surface area contributed by atoms with E-state index >= 15 is 0 Å². The molecule has 0 radical (unpaired) electrons. The number of hydrogen-bond acceptors (Lipinski definition) is 6. The molecule has 0 atom stereocenters. The molecule has 0 aromatic carbocycles. The number of aryl methyl sites for hydroxylation is 1. The van der Waals surface area contributed by atoms with Gasteiger partial charge in [0.15, 0.2) is 0 Å². The van der Waals surface area contributed by atoms with Gasteiger partial charge in [-0.15, -0.1) is 11.3 Å². The third-order valence-electron chi connectivity index (χ3n) is 6.02. The molecule has 1 fully saturated rings. The average molecular weight is 425 g/mol. The number of thiophene rings is 1. The number of rotatable bonds is 3. The third-order valence-corrected chi connectivity index (χ3v) is 7.24. The van der Waals surface area contributed by atoms with Crippen molar-refractivity contribution in [3.05, 3.63) is 52.8 Å².